The number of anilines is 1. The summed E-state index contributed by atoms with van der Waals surface area (Å²) >= 11 is 7.09. The molecule has 0 fully saturated rings. The Morgan fingerprint density at radius 2 is 2.24 bits per heavy atom. The number of carbonyl (C=O) groups is 1. The molecule has 0 unspecified atom stereocenters. The number of halogens is 1. The summed E-state index contributed by atoms with van der Waals surface area (Å²) in [5.74, 6) is 1.80. The highest BCUT2D eigenvalue weighted by Crippen LogP contribution is 2.24. The molecule has 0 spiro atoms. The van der Waals surface area contributed by atoms with Crippen molar-refractivity contribution < 1.29 is 9.21 Å². The number of nitrogens with zero attached hydrogens (tertiary/aromatic N) is 4. The predicted octanol–water partition coefficient (Wildman–Crippen LogP) is 3.73. The molecule has 25 heavy (non-hydrogen) atoms. The fraction of sp³-hybridized carbons (Fsp3) is 0.250. The van der Waals surface area contributed by atoms with Crippen molar-refractivity contribution in [3.63, 3.8) is 0 Å². The van der Waals surface area contributed by atoms with Crippen molar-refractivity contribution in [2.45, 2.75) is 25.0 Å². The van der Waals surface area contributed by atoms with Gasteiger partial charge in [0, 0.05) is 12.7 Å². The molecule has 0 bridgehead atoms. The number of aromatic nitrogens is 4. The van der Waals surface area contributed by atoms with Gasteiger partial charge in [-0.3, -0.25) is 9.36 Å². The molecular formula is C16H16ClN5O2S. The summed E-state index contributed by atoms with van der Waals surface area (Å²) in [5, 5.41) is 12.3. The van der Waals surface area contributed by atoms with Gasteiger partial charge in [-0.1, -0.05) is 30.3 Å². The molecule has 0 aliphatic rings. The van der Waals surface area contributed by atoms with Gasteiger partial charge in [0.15, 0.2) is 16.7 Å². The number of amides is 1. The van der Waals surface area contributed by atoms with Crippen molar-refractivity contribution in [2.75, 3.05) is 11.1 Å². The number of thioether (sulfide) groups is 1. The maximum atomic E-state index is 12.1. The Bertz CT molecular complexity index is 833. The lowest BCUT2D eigenvalue weighted by atomic mass is 10.4. The van der Waals surface area contributed by atoms with Crippen LogP contribution >= 0.6 is 23.4 Å². The van der Waals surface area contributed by atoms with E-state index < -0.39 is 0 Å². The summed E-state index contributed by atoms with van der Waals surface area (Å²) in [7, 11) is 0. The monoisotopic (exact) mass is 377 g/mol. The minimum absolute atomic E-state index is 0.176. The van der Waals surface area contributed by atoms with Crippen LogP contribution in [-0.4, -0.2) is 31.4 Å². The molecule has 0 radical (unpaired) electrons. The molecule has 0 aromatic carbocycles. The average molecular weight is 378 g/mol. The zero-order valence-corrected chi connectivity index (χ0v) is 15.0. The van der Waals surface area contributed by atoms with Crippen molar-refractivity contribution in [3.8, 4) is 11.6 Å². The number of nitrogens with one attached hydrogen (secondary N) is 1. The number of carbonyl (C=O) groups excluding carboxylic acids is 1. The fourth-order valence-electron chi connectivity index (χ4n) is 2.17. The lowest BCUT2D eigenvalue weighted by Gasteiger charge is -2.07. The van der Waals surface area contributed by atoms with Crippen LogP contribution in [0.2, 0.25) is 5.02 Å². The maximum Gasteiger partial charge on any atom is 0.236 e. The standard InChI is InChI=1S/C16H16ClN5O2S/c1-2-7-22-15(12-4-3-8-24-12)20-21-16(22)25-10-14(23)19-13-6-5-11(17)9-18-13/h3-6,8-9H,2,7,10H2,1H3,(H,18,19,23). The van der Waals surface area contributed by atoms with Crippen LogP contribution in [0, 0.1) is 0 Å². The van der Waals surface area contributed by atoms with Crippen LogP contribution < -0.4 is 5.32 Å². The van der Waals surface area contributed by atoms with Crippen molar-refractivity contribution >= 4 is 35.1 Å². The summed E-state index contributed by atoms with van der Waals surface area (Å²) in [4.78, 5) is 16.1. The molecule has 7 nitrogen and oxygen atoms in total. The highest BCUT2D eigenvalue weighted by atomic mass is 35.5. The van der Waals surface area contributed by atoms with Gasteiger partial charge < -0.3 is 9.73 Å². The molecule has 3 heterocycles. The third-order valence-corrected chi connectivity index (χ3v) is 4.42. The Hall–Kier alpha value is -2.32. The van der Waals surface area contributed by atoms with Gasteiger partial charge in [0.1, 0.15) is 5.82 Å². The first-order valence-electron chi connectivity index (χ1n) is 7.68. The van der Waals surface area contributed by atoms with E-state index in [-0.39, 0.29) is 11.7 Å². The fourth-order valence-corrected chi connectivity index (χ4v) is 3.04. The van der Waals surface area contributed by atoms with Gasteiger partial charge in [-0.25, -0.2) is 4.98 Å². The second kappa shape index (κ2) is 8.17. The van der Waals surface area contributed by atoms with Gasteiger partial charge in [0.05, 0.1) is 17.0 Å². The topological polar surface area (TPSA) is 85.8 Å². The first kappa shape index (κ1) is 17.5. The van der Waals surface area contributed by atoms with Crippen molar-refractivity contribution in [1.29, 1.82) is 0 Å². The third-order valence-electron chi connectivity index (χ3n) is 3.23. The molecule has 1 amide bonds. The van der Waals surface area contributed by atoms with E-state index in [4.69, 9.17) is 16.0 Å². The van der Waals surface area contributed by atoms with Crippen LogP contribution in [-0.2, 0) is 11.3 Å². The quantitative estimate of drug-likeness (QED) is 0.631. The molecule has 0 aliphatic carbocycles. The van der Waals surface area contributed by atoms with E-state index >= 15 is 0 Å². The third kappa shape index (κ3) is 4.40. The summed E-state index contributed by atoms with van der Waals surface area (Å²) in [6.07, 6.45) is 4.00. The number of rotatable bonds is 7. The molecule has 3 rings (SSSR count). The Morgan fingerprint density at radius 1 is 1.36 bits per heavy atom. The van der Waals surface area contributed by atoms with E-state index in [0.29, 0.717) is 27.6 Å². The first-order chi connectivity index (χ1) is 12.2. The molecule has 130 valence electrons. The molecule has 9 heteroatoms. The van der Waals surface area contributed by atoms with Crippen LogP contribution in [0.25, 0.3) is 11.6 Å². The highest BCUT2D eigenvalue weighted by Gasteiger charge is 2.17. The second-order valence-corrected chi connectivity index (χ2v) is 6.51. The molecule has 0 saturated carbocycles. The Morgan fingerprint density at radius 3 is 2.92 bits per heavy atom. The van der Waals surface area contributed by atoms with Crippen LogP contribution in [0.4, 0.5) is 5.82 Å². The molecule has 3 aromatic rings. The lowest BCUT2D eigenvalue weighted by Crippen LogP contribution is -2.15. The van der Waals surface area contributed by atoms with E-state index in [9.17, 15) is 4.79 Å². The van der Waals surface area contributed by atoms with E-state index in [1.165, 1.54) is 18.0 Å². The summed E-state index contributed by atoms with van der Waals surface area (Å²) in [6.45, 7) is 2.81. The Kier molecular flexibility index (Phi) is 5.72. The molecule has 0 saturated heterocycles. The number of hydrogen-bond donors (Lipinski definition) is 1. The second-order valence-electron chi connectivity index (χ2n) is 5.13. The van der Waals surface area contributed by atoms with Gasteiger partial charge in [0.25, 0.3) is 0 Å². The number of pyridine rings is 1. The van der Waals surface area contributed by atoms with Crippen molar-refractivity contribution in [2.24, 2.45) is 0 Å². The SMILES string of the molecule is CCCn1c(SCC(=O)Nc2ccc(Cl)cn2)nnc1-c1ccco1. The smallest absolute Gasteiger partial charge is 0.236 e. The van der Waals surface area contributed by atoms with Crippen LogP contribution in [0.3, 0.4) is 0 Å². The molecule has 1 N–H and O–H groups in total. The molecule has 0 aliphatic heterocycles. The van der Waals surface area contributed by atoms with E-state index in [1.807, 2.05) is 10.6 Å². The van der Waals surface area contributed by atoms with E-state index in [1.54, 1.807) is 24.5 Å². The summed E-state index contributed by atoms with van der Waals surface area (Å²) < 4.78 is 7.36. The largest absolute Gasteiger partial charge is 0.461 e. The van der Waals surface area contributed by atoms with Gasteiger partial charge in [-0.15, -0.1) is 10.2 Å². The Balaban J connectivity index is 1.66. The molecule has 3 aromatic heterocycles. The predicted molar refractivity (Wildman–Crippen MR) is 96.6 cm³/mol. The summed E-state index contributed by atoms with van der Waals surface area (Å²) in [6, 6.07) is 6.97. The normalized spacial score (nSPS) is 10.8. The highest BCUT2D eigenvalue weighted by molar-refractivity contribution is 7.99. The summed E-state index contributed by atoms with van der Waals surface area (Å²) in [5.41, 5.74) is 0. The van der Waals surface area contributed by atoms with E-state index in [2.05, 4.69) is 27.4 Å². The minimum atomic E-state index is -0.176. The zero-order valence-electron chi connectivity index (χ0n) is 13.5. The average Bonchev–Trinajstić information content (AvgIpc) is 3.25. The molecule has 0 atom stereocenters. The Labute approximate surface area is 153 Å². The van der Waals surface area contributed by atoms with Crippen molar-refractivity contribution in [1.82, 2.24) is 19.7 Å². The van der Waals surface area contributed by atoms with Crippen LogP contribution in [0.5, 0.6) is 0 Å². The van der Waals surface area contributed by atoms with Crippen LogP contribution in [0.15, 0.2) is 46.3 Å². The van der Waals surface area contributed by atoms with Gasteiger partial charge in [-0.05, 0) is 30.7 Å². The van der Waals surface area contributed by atoms with Gasteiger partial charge in [-0.2, -0.15) is 0 Å². The maximum absolute atomic E-state index is 12.1. The first-order valence-corrected chi connectivity index (χ1v) is 9.05. The molecular weight excluding hydrogens is 362 g/mol. The van der Waals surface area contributed by atoms with Crippen molar-refractivity contribution in [3.05, 3.63) is 41.7 Å². The lowest BCUT2D eigenvalue weighted by molar-refractivity contribution is -0.113. The van der Waals surface area contributed by atoms with Gasteiger partial charge in [0.2, 0.25) is 5.91 Å². The van der Waals surface area contributed by atoms with Gasteiger partial charge >= 0.3 is 0 Å². The minimum Gasteiger partial charge on any atom is -0.461 e. The van der Waals surface area contributed by atoms with E-state index in [0.717, 1.165) is 13.0 Å². The number of hydrogen-bond acceptors (Lipinski definition) is 6. The number of furan rings is 1. The zero-order chi connectivity index (χ0) is 17.6. The van der Waals surface area contributed by atoms with Crippen LogP contribution in [0.1, 0.15) is 13.3 Å².